The van der Waals surface area contributed by atoms with Crippen molar-refractivity contribution in [1.29, 1.82) is 0 Å². The summed E-state index contributed by atoms with van der Waals surface area (Å²) in [6, 6.07) is 13.9. The van der Waals surface area contributed by atoms with Crippen LogP contribution in [0.15, 0.2) is 68.4 Å². The van der Waals surface area contributed by atoms with Gasteiger partial charge in [0.25, 0.3) is 5.91 Å². The smallest absolute Gasteiger partial charge is 0.270 e. The number of anilines is 1. The molecule has 0 spiro atoms. The third-order valence-electron chi connectivity index (χ3n) is 4.60. The summed E-state index contributed by atoms with van der Waals surface area (Å²) in [4.78, 5) is 14.7. The lowest BCUT2D eigenvalue weighted by atomic mass is 10.2. The first-order valence-electron chi connectivity index (χ1n) is 9.33. The topological polar surface area (TPSA) is 29.5 Å². The van der Waals surface area contributed by atoms with Crippen LogP contribution in [0.3, 0.4) is 0 Å². The van der Waals surface area contributed by atoms with Crippen LogP contribution in [0.5, 0.6) is 5.75 Å². The summed E-state index contributed by atoms with van der Waals surface area (Å²) in [5, 5.41) is -0.0932. The number of benzene rings is 3. The molecular formula is C23H12Br2ClF2NO2S2. The second-order valence-corrected chi connectivity index (χ2v) is 10.6. The lowest BCUT2D eigenvalue weighted by molar-refractivity contribution is -0.113. The van der Waals surface area contributed by atoms with Crippen molar-refractivity contribution in [3.8, 4) is 5.75 Å². The highest BCUT2D eigenvalue weighted by molar-refractivity contribution is 9.11. The number of carbonyl (C=O) groups is 1. The molecule has 0 aromatic heterocycles. The van der Waals surface area contributed by atoms with Crippen molar-refractivity contribution < 1.29 is 18.3 Å². The molecule has 0 bridgehead atoms. The van der Waals surface area contributed by atoms with Gasteiger partial charge in [-0.3, -0.25) is 9.69 Å². The number of nitrogens with zero attached hydrogens (tertiary/aromatic N) is 1. The molecule has 0 atom stereocenters. The summed E-state index contributed by atoms with van der Waals surface area (Å²) in [6.45, 7) is 0.0576. The molecule has 0 saturated carbocycles. The Hall–Kier alpha value is -1.78. The molecule has 0 unspecified atom stereocenters. The molecule has 1 aliphatic rings. The van der Waals surface area contributed by atoms with E-state index in [2.05, 4.69) is 31.9 Å². The molecule has 0 radical (unpaired) electrons. The number of thioether (sulfide) groups is 1. The van der Waals surface area contributed by atoms with Crippen LogP contribution in [-0.2, 0) is 11.4 Å². The van der Waals surface area contributed by atoms with E-state index in [-0.39, 0.29) is 23.4 Å². The predicted octanol–water partition coefficient (Wildman–Crippen LogP) is 8.13. The van der Waals surface area contributed by atoms with E-state index >= 15 is 0 Å². The number of carbonyl (C=O) groups excluding carboxylic acids is 1. The summed E-state index contributed by atoms with van der Waals surface area (Å²) in [6.07, 6.45) is 1.70. The lowest BCUT2D eigenvalue weighted by Gasteiger charge is -2.15. The summed E-state index contributed by atoms with van der Waals surface area (Å²) in [7, 11) is 0. The van der Waals surface area contributed by atoms with Crippen LogP contribution in [0.4, 0.5) is 14.5 Å². The minimum absolute atomic E-state index is 0.0576. The van der Waals surface area contributed by atoms with Crippen molar-refractivity contribution in [3.63, 3.8) is 0 Å². The molecule has 3 aromatic carbocycles. The highest BCUT2D eigenvalue weighted by Gasteiger charge is 2.33. The van der Waals surface area contributed by atoms with Crippen molar-refractivity contribution in [3.05, 3.63) is 96.2 Å². The van der Waals surface area contributed by atoms with Crippen LogP contribution in [0, 0.1) is 11.6 Å². The third kappa shape index (κ3) is 5.33. The third-order valence-corrected chi connectivity index (χ3v) is 7.37. The predicted molar refractivity (Wildman–Crippen MR) is 140 cm³/mol. The van der Waals surface area contributed by atoms with Gasteiger partial charge in [0, 0.05) is 5.56 Å². The quantitative estimate of drug-likeness (QED) is 0.210. The van der Waals surface area contributed by atoms with Gasteiger partial charge in [-0.05, 0) is 79.9 Å². The van der Waals surface area contributed by atoms with Crippen LogP contribution < -0.4 is 9.64 Å². The van der Waals surface area contributed by atoms with Gasteiger partial charge >= 0.3 is 0 Å². The van der Waals surface area contributed by atoms with Gasteiger partial charge in [0.15, 0.2) is 4.32 Å². The number of rotatable bonds is 5. The minimum atomic E-state index is -0.576. The molecule has 1 saturated heterocycles. The van der Waals surface area contributed by atoms with Crippen molar-refractivity contribution >= 4 is 89.4 Å². The second-order valence-electron chi connectivity index (χ2n) is 6.81. The van der Waals surface area contributed by atoms with E-state index in [9.17, 15) is 13.6 Å². The van der Waals surface area contributed by atoms with E-state index in [1.54, 1.807) is 36.4 Å². The van der Waals surface area contributed by atoms with Crippen LogP contribution in [0.1, 0.15) is 11.1 Å². The molecule has 168 valence electrons. The highest BCUT2D eigenvalue weighted by atomic mass is 79.9. The Morgan fingerprint density at radius 1 is 1.06 bits per heavy atom. The van der Waals surface area contributed by atoms with Crippen LogP contribution >= 0.6 is 67.4 Å². The molecule has 33 heavy (non-hydrogen) atoms. The molecule has 10 heteroatoms. The van der Waals surface area contributed by atoms with Gasteiger partial charge in [-0.25, -0.2) is 8.78 Å². The van der Waals surface area contributed by atoms with Crippen molar-refractivity contribution in [2.45, 2.75) is 6.61 Å². The van der Waals surface area contributed by atoms with Crippen LogP contribution in [0.25, 0.3) is 6.08 Å². The van der Waals surface area contributed by atoms with Crippen molar-refractivity contribution in [2.75, 3.05) is 4.90 Å². The van der Waals surface area contributed by atoms with Gasteiger partial charge in [0.2, 0.25) is 0 Å². The Morgan fingerprint density at radius 3 is 2.42 bits per heavy atom. The summed E-state index contributed by atoms with van der Waals surface area (Å²) < 4.78 is 34.7. The Bertz CT molecular complexity index is 1300. The first-order chi connectivity index (χ1) is 15.7. The van der Waals surface area contributed by atoms with Crippen LogP contribution in [0.2, 0.25) is 5.02 Å². The maximum Gasteiger partial charge on any atom is 0.270 e. The molecule has 0 N–H and O–H groups in total. The van der Waals surface area contributed by atoms with Gasteiger partial charge in [-0.2, -0.15) is 0 Å². The summed E-state index contributed by atoms with van der Waals surface area (Å²) in [5.74, 6) is -0.747. The monoisotopic (exact) mass is 629 g/mol. The molecule has 1 amide bonds. The summed E-state index contributed by atoms with van der Waals surface area (Å²) in [5.41, 5.74) is 1.54. The maximum absolute atomic E-state index is 13.9. The Balaban J connectivity index is 1.56. The second kappa shape index (κ2) is 10.2. The number of hydrogen-bond acceptors (Lipinski definition) is 4. The van der Waals surface area contributed by atoms with E-state index < -0.39 is 5.82 Å². The molecule has 3 nitrogen and oxygen atoms in total. The normalized spacial score (nSPS) is 14.9. The van der Waals surface area contributed by atoms with Gasteiger partial charge in [-0.15, -0.1) is 0 Å². The number of halogens is 5. The largest absolute Gasteiger partial charge is 0.486 e. The first-order valence-corrected chi connectivity index (χ1v) is 12.5. The molecular weight excluding hydrogens is 620 g/mol. The Kier molecular flexibility index (Phi) is 7.55. The standard InChI is InChI=1S/C23H12Br2ClF2NO2S2/c24-15-7-12(8-16(25)21(15)31-11-13-3-1-2-4-18(13)27)9-20-22(30)29(23(32)33-20)14-5-6-19(28)17(26)10-14/h1-10H,11H2/b20-9+. The first kappa shape index (κ1) is 24.3. The van der Waals surface area contributed by atoms with E-state index in [1.165, 1.54) is 29.2 Å². The molecule has 1 fully saturated rings. The van der Waals surface area contributed by atoms with E-state index in [4.69, 9.17) is 28.6 Å². The van der Waals surface area contributed by atoms with E-state index in [0.717, 1.165) is 11.8 Å². The zero-order valence-electron chi connectivity index (χ0n) is 16.5. The number of amides is 1. The molecule has 1 aliphatic heterocycles. The van der Waals surface area contributed by atoms with Gasteiger partial charge in [0.1, 0.15) is 24.0 Å². The zero-order valence-corrected chi connectivity index (χ0v) is 22.0. The number of ether oxygens (including phenoxy) is 1. The molecule has 0 aliphatic carbocycles. The minimum Gasteiger partial charge on any atom is -0.486 e. The van der Waals surface area contributed by atoms with Gasteiger partial charge in [-0.1, -0.05) is 53.8 Å². The summed E-state index contributed by atoms with van der Waals surface area (Å²) >= 11 is 19.3. The maximum atomic E-state index is 13.9. The Labute approximate surface area is 220 Å². The van der Waals surface area contributed by atoms with Gasteiger partial charge < -0.3 is 4.74 Å². The fourth-order valence-electron chi connectivity index (χ4n) is 3.03. The van der Waals surface area contributed by atoms with Gasteiger partial charge in [0.05, 0.1) is 24.6 Å². The van der Waals surface area contributed by atoms with Crippen molar-refractivity contribution in [1.82, 2.24) is 0 Å². The fraction of sp³-hybridized carbons (Fsp3) is 0.0435. The van der Waals surface area contributed by atoms with E-state index in [1.807, 2.05) is 0 Å². The Morgan fingerprint density at radius 2 is 1.76 bits per heavy atom. The van der Waals surface area contributed by atoms with Crippen LogP contribution in [-0.4, -0.2) is 10.2 Å². The fourth-order valence-corrected chi connectivity index (χ4v) is 5.96. The average molecular weight is 632 g/mol. The molecule has 1 heterocycles. The molecule has 4 rings (SSSR count). The molecule has 3 aromatic rings. The highest BCUT2D eigenvalue weighted by Crippen LogP contribution is 2.40. The number of thiocarbonyl (C=S) groups is 1. The van der Waals surface area contributed by atoms with Crippen molar-refractivity contribution in [2.24, 2.45) is 0 Å². The van der Waals surface area contributed by atoms with E-state index in [0.29, 0.717) is 40.7 Å². The average Bonchev–Trinajstić information content (AvgIpc) is 3.03. The lowest BCUT2D eigenvalue weighted by Crippen LogP contribution is -2.27. The zero-order chi connectivity index (χ0) is 23.7. The number of hydrogen-bond donors (Lipinski definition) is 0. The SMILES string of the molecule is O=C1/C(=C\c2cc(Br)c(OCc3ccccc3F)c(Br)c2)SC(=S)N1c1ccc(F)c(Cl)c1.